The molecule has 7 heteroatoms. The summed E-state index contributed by atoms with van der Waals surface area (Å²) < 4.78 is 0. The second kappa shape index (κ2) is 6.60. The van der Waals surface area contributed by atoms with E-state index < -0.39 is 36.3 Å². The van der Waals surface area contributed by atoms with Crippen LogP contribution in [0.3, 0.4) is 0 Å². The van der Waals surface area contributed by atoms with Crippen LogP contribution < -0.4 is 5.32 Å². The van der Waals surface area contributed by atoms with E-state index in [1.165, 1.54) is 12.1 Å². The number of hydrogen-bond acceptors (Lipinski definition) is 4. The lowest BCUT2D eigenvalue weighted by atomic mass is 10.0. The summed E-state index contributed by atoms with van der Waals surface area (Å²) in [7, 11) is 0. The zero-order chi connectivity index (χ0) is 17.1. The van der Waals surface area contributed by atoms with Gasteiger partial charge >= 0.3 is 5.97 Å². The maximum absolute atomic E-state index is 12.1. The predicted molar refractivity (Wildman–Crippen MR) is 80.8 cm³/mol. The number of nitrogens with one attached hydrogen (secondary N) is 1. The lowest BCUT2D eigenvalue weighted by molar-refractivity contribution is -0.142. The highest BCUT2D eigenvalue weighted by Gasteiger charge is 2.36. The van der Waals surface area contributed by atoms with Crippen LogP contribution in [0.5, 0.6) is 0 Å². The molecule has 0 bridgehead atoms. The van der Waals surface area contributed by atoms with E-state index in [2.05, 4.69) is 5.32 Å². The molecule has 2 rings (SSSR count). The fourth-order valence-electron chi connectivity index (χ4n) is 2.46. The third-order valence-electron chi connectivity index (χ3n) is 3.52. The Morgan fingerprint density at radius 1 is 1.13 bits per heavy atom. The number of nitrogens with zero attached hydrogens (tertiary/aromatic N) is 1. The van der Waals surface area contributed by atoms with Gasteiger partial charge in [0.2, 0.25) is 5.91 Å². The molecule has 1 unspecified atom stereocenters. The lowest BCUT2D eigenvalue weighted by Gasteiger charge is -2.19. The second-order valence-corrected chi connectivity index (χ2v) is 5.83. The Balaban J connectivity index is 2.05. The average molecular weight is 318 g/mol. The lowest BCUT2D eigenvalue weighted by Crippen LogP contribution is -2.47. The van der Waals surface area contributed by atoms with Crippen LogP contribution in [0.15, 0.2) is 24.3 Å². The van der Waals surface area contributed by atoms with Crippen molar-refractivity contribution < 1.29 is 24.3 Å². The van der Waals surface area contributed by atoms with Gasteiger partial charge in [-0.2, -0.15) is 0 Å². The topological polar surface area (TPSA) is 104 Å². The molecular formula is C16H18N2O5. The Bertz CT molecular complexity index is 633. The molecule has 1 aliphatic heterocycles. The fourth-order valence-corrected chi connectivity index (χ4v) is 2.46. The first-order valence-electron chi connectivity index (χ1n) is 7.28. The molecule has 1 aromatic carbocycles. The van der Waals surface area contributed by atoms with E-state index in [0.717, 1.165) is 4.90 Å². The van der Waals surface area contributed by atoms with Crippen molar-refractivity contribution in [3.8, 4) is 0 Å². The summed E-state index contributed by atoms with van der Waals surface area (Å²) >= 11 is 0. The first-order valence-corrected chi connectivity index (χ1v) is 7.28. The van der Waals surface area contributed by atoms with Crippen LogP contribution >= 0.6 is 0 Å². The summed E-state index contributed by atoms with van der Waals surface area (Å²) in [6.45, 7) is 3.19. The van der Waals surface area contributed by atoms with Crippen molar-refractivity contribution in [1.82, 2.24) is 10.2 Å². The Morgan fingerprint density at radius 2 is 1.65 bits per heavy atom. The Labute approximate surface area is 133 Å². The van der Waals surface area contributed by atoms with Crippen LogP contribution in [0, 0.1) is 5.92 Å². The van der Waals surface area contributed by atoms with Crippen LogP contribution in [0.25, 0.3) is 0 Å². The highest BCUT2D eigenvalue weighted by atomic mass is 16.4. The zero-order valence-electron chi connectivity index (χ0n) is 12.9. The molecule has 0 spiro atoms. The van der Waals surface area contributed by atoms with Gasteiger partial charge in [0.05, 0.1) is 11.1 Å². The summed E-state index contributed by atoms with van der Waals surface area (Å²) in [5.74, 6) is -2.83. The third kappa shape index (κ3) is 3.56. The molecule has 0 aromatic heterocycles. The second-order valence-electron chi connectivity index (χ2n) is 5.83. The minimum absolute atomic E-state index is 0.0794. The molecule has 2 N–H and O–H groups in total. The van der Waals surface area contributed by atoms with Gasteiger partial charge in [0.25, 0.3) is 11.8 Å². The predicted octanol–water partition coefficient (Wildman–Crippen LogP) is 0.898. The molecule has 0 saturated carbocycles. The Morgan fingerprint density at radius 3 is 2.09 bits per heavy atom. The maximum atomic E-state index is 12.1. The van der Waals surface area contributed by atoms with Crippen LogP contribution in [0.2, 0.25) is 0 Å². The molecule has 122 valence electrons. The van der Waals surface area contributed by atoms with Gasteiger partial charge in [-0.3, -0.25) is 19.3 Å². The van der Waals surface area contributed by atoms with Gasteiger partial charge in [0.1, 0.15) is 12.6 Å². The van der Waals surface area contributed by atoms with E-state index in [9.17, 15) is 19.2 Å². The average Bonchev–Trinajstić information content (AvgIpc) is 2.72. The van der Waals surface area contributed by atoms with Crippen molar-refractivity contribution in [2.45, 2.75) is 26.3 Å². The summed E-state index contributed by atoms with van der Waals surface area (Å²) in [6.07, 6.45) is 0.267. The van der Waals surface area contributed by atoms with E-state index in [1.807, 2.05) is 13.8 Å². The summed E-state index contributed by atoms with van der Waals surface area (Å²) in [5, 5.41) is 11.5. The van der Waals surface area contributed by atoms with E-state index in [0.29, 0.717) is 0 Å². The van der Waals surface area contributed by atoms with Crippen molar-refractivity contribution in [3.05, 3.63) is 35.4 Å². The molecule has 0 radical (unpaired) electrons. The van der Waals surface area contributed by atoms with Crippen molar-refractivity contribution in [1.29, 1.82) is 0 Å². The van der Waals surface area contributed by atoms with Gasteiger partial charge in [-0.05, 0) is 24.5 Å². The standard InChI is InChI=1S/C16H18N2O5/c1-9(2)7-12(16(22)23)17-13(19)8-18-14(20)10-5-3-4-6-11(10)15(18)21/h3-6,9,12H,7-8H2,1-2H3,(H,17,19)(H,22,23). The quantitative estimate of drug-likeness (QED) is 0.758. The normalized spacial score (nSPS) is 14.8. The SMILES string of the molecule is CC(C)CC(NC(=O)CN1C(=O)c2ccccc2C1=O)C(=O)O. The van der Waals surface area contributed by atoms with Crippen molar-refractivity contribution >= 4 is 23.7 Å². The summed E-state index contributed by atoms with van der Waals surface area (Å²) in [4.78, 5) is 48.3. The van der Waals surface area contributed by atoms with Crippen LogP contribution in [0.1, 0.15) is 41.0 Å². The number of carbonyl (C=O) groups excluding carboxylic acids is 3. The molecule has 1 aliphatic rings. The van der Waals surface area contributed by atoms with Gasteiger partial charge in [0, 0.05) is 0 Å². The number of carboxylic acids is 1. The fraction of sp³-hybridized carbons (Fsp3) is 0.375. The molecule has 3 amide bonds. The van der Waals surface area contributed by atoms with E-state index in [4.69, 9.17) is 5.11 Å². The first kappa shape index (κ1) is 16.7. The van der Waals surface area contributed by atoms with Gasteiger partial charge in [0.15, 0.2) is 0 Å². The number of rotatable bonds is 6. The van der Waals surface area contributed by atoms with E-state index in [-0.39, 0.29) is 23.5 Å². The van der Waals surface area contributed by atoms with Crippen molar-refractivity contribution in [2.75, 3.05) is 6.54 Å². The number of amides is 3. The highest BCUT2D eigenvalue weighted by Crippen LogP contribution is 2.21. The van der Waals surface area contributed by atoms with Crippen LogP contribution in [0.4, 0.5) is 0 Å². The molecule has 7 nitrogen and oxygen atoms in total. The van der Waals surface area contributed by atoms with E-state index in [1.54, 1.807) is 12.1 Å². The minimum Gasteiger partial charge on any atom is -0.480 e. The van der Waals surface area contributed by atoms with E-state index >= 15 is 0 Å². The monoisotopic (exact) mass is 318 g/mol. The molecule has 0 saturated heterocycles. The molecule has 0 fully saturated rings. The number of carboxylic acid groups (broad SMARTS) is 1. The number of hydrogen-bond donors (Lipinski definition) is 2. The summed E-state index contributed by atoms with van der Waals surface area (Å²) in [6, 6.07) is 5.27. The number of carbonyl (C=O) groups is 4. The van der Waals surface area contributed by atoms with Crippen molar-refractivity contribution in [3.63, 3.8) is 0 Å². The number of aliphatic carboxylic acids is 1. The smallest absolute Gasteiger partial charge is 0.326 e. The molecular weight excluding hydrogens is 300 g/mol. The Hall–Kier alpha value is -2.70. The molecule has 1 heterocycles. The minimum atomic E-state index is -1.14. The number of fused-ring (bicyclic) bond motifs is 1. The van der Waals surface area contributed by atoms with Crippen molar-refractivity contribution in [2.24, 2.45) is 5.92 Å². The maximum Gasteiger partial charge on any atom is 0.326 e. The molecule has 23 heavy (non-hydrogen) atoms. The molecule has 0 aliphatic carbocycles. The Kier molecular flexibility index (Phi) is 4.78. The van der Waals surface area contributed by atoms with Crippen LogP contribution in [-0.2, 0) is 9.59 Å². The number of benzene rings is 1. The van der Waals surface area contributed by atoms with Gasteiger partial charge in [-0.25, -0.2) is 4.79 Å². The van der Waals surface area contributed by atoms with Gasteiger partial charge < -0.3 is 10.4 Å². The number of imide groups is 1. The first-order chi connectivity index (χ1) is 10.8. The van der Waals surface area contributed by atoms with Gasteiger partial charge in [-0.15, -0.1) is 0 Å². The van der Waals surface area contributed by atoms with Gasteiger partial charge in [-0.1, -0.05) is 26.0 Å². The molecule has 1 aromatic rings. The zero-order valence-corrected chi connectivity index (χ0v) is 12.9. The highest BCUT2D eigenvalue weighted by molar-refractivity contribution is 6.22. The largest absolute Gasteiger partial charge is 0.480 e. The van der Waals surface area contributed by atoms with Crippen LogP contribution in [-0.4, -0.2) is 46.3 Å². The molecule has 1 atom stereocenters. The summed E-state index contributed by atoms with van der Waals surface area (Å²) in [5.41, 5.74) is 0.504. The third-order valence-corrected chi connectivity index (χ3v) is 3.52.